The van der Waals surface area contributed by atoms with E-state index in [1.807, 2.05) is 0 Å². The highest BCUT2D eigenvalue weighted by Gasteiger charge is 2.17. The van der Waals surface area contributed by atoms with Gasteiger partial charge in [-0.25, -0.2) is 4.79 Å². The maximum absolute atomic E-state index is 11.7. The van der Waals surface area contributed by atoms with E-state index in [1.54, 1.807) is 19.1 Å². The molecule has 0 aromatic carbocycles. The van der Waals surface area contributed by atoms with E-state index in [1.165, 1.54) is 12.3 Å². The van der Waals surface area contributed by atoms with Crippen molar-refractivity contribution in [2.75, 3.05) is 5.32 Å². The zero-order valence-corrected chi connectivity index (χ0v) is 9.71. The average Bonchev–Trinajstić information content (AvgIpc) is 2.86. The number of nitrogens with one attached hydrogen (secondary N) is 1. The molecule has 17 heavy (non-hydrogen) atoms. The molecule has 0 spiro atoms. The number of thiophene rings is 1. The Morgan fingerprint density at radius 3 is 2.82 bits per heavy atom. The molecule has 2 N–H and O–H groups in total. The molecule has 6 heteroatoms. The van der Waals surface area contributed by atoms with Crippen molar-refractivity contribution in [2.24, 2.45) is 0 Å². The van der Waals surface area contributed by atoms with E-state index >= 15 is 0 Å². The van der Waals surface area contributed by atoms with Gasteiger partial charge in [0, 0.05) is 4.88 Å². The second-order valence-corrected chi connectivity index (χ2v) is 4.59. The Morgan fingerprint density at radius 1 is 1.47 bits per heavy atom. The van der Waals surface area contributed by atoms with Gasteiger partial charge in [0.1, 0.15) is 4.88 Å². The number of hydrogen-bond donors (Lipinski definition) is 2. The molecule has 0 saturated carbocycles. The molecule has 0 aliphatic rings. The molecule has 1 amide bonds. The van der Waals surface area contributed by atoms with Gasteiger partial charge in [-0.2, -0.15) is 0 Å². The third-order valence-electron chi connectivity index (χ3n) is 2.04. The minimum atomic E-state index is -1.06. The van der Waals surface area contributed by atoms with Crippen LogP contribution in [0.2, 0.25) is 0 Å². The molecular formula is C11H9NO4S. The number of hydrogen-bond acceptors (Lipinski definition) is 4. The van der Waals surface area contributed by atoms with E-state index in [9.17, 15) is 9.59 Å². The fraction of sp³-hybridized carbons (Fsp3) is 0.0909. The van der Waals surface area contributed by atoms with Gasteiger partial charge in [-0.05, 0) is 25.1 Å². The molecular weight excluding hydrogens is 242 g/mol. The molecule has 0 aliphatic heterocycles. The molecule has 2 aromatic rings. The predicted molar refractivity (Wildman–Crippen MR) is 62.7 cm³/mol. The van der Waals surface area contributed by atoms with Crippen molar-refractivity contribution in [3.8, 4) is 0 Å². The van der Waals surface area contributed by atoms with Crippen LogP contribution in [0.1, 0.15) is 25.1 Å². The highest BCUT2D eigenvalue weighted by molar-refractivity contribution is 7.14. The number of anilines is 1. The van der Waals surface area contributed by atoms with E-state index in [2.05, 4.69) is 5.32 Å². The summed E-state index contributed by atoms with van der Waals surface area (Å²) >= 11 is 1.12. The molecule has 88 valence electrons. The number of aromatic carboxylic acids is 1. The number of carboxylic acid groups (broad SMARTS) is 1. The van der Waals surface area contributed by atoms with Gasteiger partial charge in [-0.3, -0.25) is 4.79 Å². The van der Waals surface area contributed by atoms with Gasteiger partial charge in [0.05, 0.1) is 12.0 Å². The zero-order chi connectivity index (χ0) is 12.4. The Kier molecular flexibility index (Phi) is 2.97. The smallest absolute Gasteiger partial charge is 0.348 e. The van der Waals surface area contributed by atoms with Crippen molar-refractivity contribution in [3.63, 3.8) is 0 Å². The van der Waals surface area contributed by atoms with Crippen molar-refractivity contribution in [3.05, 3.63) is 40.0 Å². The summed E-state index contributed by atoms with van der Waals surface area (Å²) in [7, 11) is 0. The summed E-state index contributed by atoms with van der Waals surface area (Å²) in [5.41, 5.74) is 0.293. The molecule has 0 bridgehead atoms. The summed E-state index contributed by atoms with van der Waals surface area (Å²) in [4.78, 5) is 23.5. The SMILES string of the molecule is Cc1cc(NC(=O)c2ccco2)c(C(=O)O)s1. The Labute approximate surface area is 101 Å². The third kappa shape index (κ3) is 2.36. The van der Waals surface area contributed by atoms with Crippen LogP contribution in [0.15, 0.2) is 28.9 Å². The van der Waals surface area contributed by atoms with Crippen LogP contribution in [-0.2, 0) is 0 Å². The predicted octanol–water partition coefficient (Wildman–Crippen LogP) is 2.60. The van der Waals surface area contributed by atoms with Crippen molar-refractivity contribution < 1.29 is 19.1 Å². The lowest BCUT2D eigenvalue weighted by Crippen LogP contribution is -2.12. The lowest BCUT2D eigenvalue weighted by Gasteiger charge is -2.01. The van der Waals surface area contributed by atoms with Gasteiger partial charge in [0.15, 0.2) is 5.76 Å². The van der Waals surface area contributed by atoms with E-state index in [4.69, 9.17) is 9.52 Å². The average molecular weight is 251 g/mol. The summed E-state index contributed by atoms with van der Waals surface area (Å²) in [6, 6.07) is 4.72. The van der Waals surface area contributed by atoms with Crippen molar-refractivity contribution >= 4 is 28.9 Å². The largest absolute Gasteiger partial charge is 0.477 e. The number of carboxylic acids is 1. The van der Waals surface area contributed by atoms with Crippen molar-refractivity contribution in [1.29, 1.82) is 0 Å². The molecule has 2 aromatic heterocycles. The number of amides is 1. The highest BCUT2D eigenvalue weighted by Crippen LogP contribution is 2.27. The number of furan rings is 1. The van der Waals surface area contributed by atoms with Crippen LogP contribution in [0.3, 0.4) is 0 Å². The van der Waals surface area contributed by atoms with Gasteiger partial charge in [0.25, 0.3) is 5.91 Å². The van der Waals surface area contributed by atoms with Crippen LogP contribution in [0.25, 0.3) is 0 Å². The van der Waals surface area contributed by atoms with Crippen LogP contribution in [-0.4, -0.2) is 17.0 Å². The highest BCUT2D eigenvalue weighted by atomic mass is 32.1. The Balaban J connectivity index is 2.24. The van der Waals surface area contributed by atoms with Gasteiger partial charge in [0.2, 0.25) is 0 Å². The topological polar surface area (TPSA) is 79.5 Å². The monoisotopic (exact) mass is 251 g/mol. The minimum Gasteiger partial charge on any atom is -0.477 e. The first-order valence-electron chi connectivity index (χ1n) is 4.76. The number of carbonyl (C=O) groups is 2. The summed E-state index contributed by atoms with van der Waals surface area (Å²) in [5.74, 6) is -1.38. The minimum absolute atomic E-state index is 0.113. The number of rotatable bonds is 3. The molecule has 0 saturated heterocycles. The summed E-state index contributed by atoms with van der Waals surface area (Å²) in [5, 5.41) is 11.5. The quantitative estimate of drug-likeness (QED) is 0.878. The van der Waals surface area contributed by atoms with Gasteiger partial charge in [-0.1, -0.05) is 0 Å². The standard InChI is InChI=1S/C11H9NO4S/c1-6-5-7(9(17-6)11(14)15)12-10(13)8-3-2-4-16-8/h2-5H,1H3,(H,12,13)(H,14,15). The van der Waals surface area contributed by atoms with E-state index in [-0.39, 0.29) is 10.6 Å². The summed E-state index contributed by atoms with van der Waals surface area (Å²) < 4.78 is 4.92. The molecule has 5 nitrogen and oxygen atoms in total. The number of carbonyl (C=O) groups excluding carboxylic acids is 1. The first-order chi connectivity index (χ1) is 8.08. The molecule has 2 rings (SSSR count). The van der Waals surface area contributed by atoms with Crippen LogP contribution in [0.5, 0.6) is 0 Å². The van der Waals surface area contributed by atoms with Crippen molar-refractivity contribution in [2.45, 2.75) is 6.92 Å². The molecule has 0 aliphatic carbocycles. The number of aryl methyl sites for hydroxylation is 1. The Bertz CT molecular complexity index is 556. The summed E-state index contributed by atoms with van der Waals surface area (Å²) in [6.07, 6.45) is 1.38. The second-order valence-electron chi connectivity index (χ2n) is 3.34. The van der Waals surface area contributed by atoms with Crippen LogP contribution in [0, 0.1) is 6.92 Å². The van der Waals surface area contributed by atoms with Crippen LogP contribution in [0.4, 0.5) is 5.69 Å². The van der Waals surface area contributed by atoms with Crippen LogP contribution >= 0.6 is 11.3 Å². The third-order valence-corrected chi connectivity index (χ3v) is 3.08. The van der Waals surface area contributed by atoms with Gasteiger partial charge >= 0.3 is 5.97 Å². The van der Waals surface area contributed by atoms with E-state index in [0.717, 1.165) is 16.2 Å². The zero-order valence-electron chi connectivity index (χ0n) is 8.89. The van der Waals surface area contributed by atoms with Gasteiger partial charge in [-0.15, -0.1) is 11.3 Å². The second kappa shape index (κ2) is 4.42. The first kappa shape index (κ1) is 11.4. The van der Waals surface area contributed by atoms with Crippen LogP contribution < -0.4 is 5.32 Å². The van der Waals surface area contributed by atoms with E-state index < -0.39 is 11.9 Å². The Morgan fingerprint density at radius 2 is 2.24 bits per heavy atom. The maximum atomic E-state index is 11.7. The fourth-order valence-electron chi connectivity index (χ4n) is 1.36. The molecule has 0 unspecified atom stereocenters. The molecule has 0 radical (unpaired) electrons. The van der Waals surface area contributed by atoms with Gasteiger partial charge < -0.3 is 14.8 Å². The molecule has 0 fully saturated rings. The normalized spacial score (nSPS) is 10.2. The lowest BCUT2D eigenvalue weighted by molar-refractivity contribution is 0.0703. The first-order valence-corrected chi connectivity index (χ1v) is 5.58. The lowest BCUT2D eigenvalue weighted by atomic mass is 10.3. The van der Waals surface area contributed by atoms with E-state index in [0.29, 0.717) is 5.69 Å². The molecule has 2 heterocycles. The summed E-state index contributed by atoms with van der Waals surface area (Å²) in [6.45, 7) is 1.78. The fourth-order valence-corrected chi connectivity index (χ4v) is 2.16. The maximum Gasteiger partial charge on any atom is 0.348 e. The van der Waals surface area contributed by atoms with Crippen molar-refractivity contribution in [1.82, 2.24) is 0 Å². The Hall–Kier alpha value is -2.08. The molecule has 0 atom stereocenters.